The zero-order valence-corrected chi connectivity index (χ0v) is 8.86. The van der Waals surface area contributed by atoms with Crippen LogP contribution in [-0.4, -0.2) is 26.5 Å². The van der Waals surface area contributed by atoms with Gasteiger partial charge in [-0.05, 0) is 20.0 Å². The van der Waals surface area contributed by atoms with E-state index in [0.29, 0.717) is 5.03 Å². The Kier molecular flexibility index (Phi) is 7.35. The van der Waals surface area contributed by atoms with Crippen LogP contribution < -0.4 is 10.6 Å². The molecule has 0 fully saturated rings. The van der Waals surface area contributed by atoms with E-state index < -0.39 is 0 Å². The fraction of sp³-hybridized carbons (Fsp3) is 0.444. The third kappa shape index (κ3) is 9.11. The quantitative estimate of drug-likeness (QED) is 0.296. The van der Waals surface area contributed by atoms with Gasteiger partial charge in [0, 0.05) is 17.3 Å². The monoisotopic (exact) mass is 201 g/mol. The van der Waals surface area contributed by atoms with Crippen LogP contribution in [0.5, 0.6) is 0 Å². The Bertz CT molecular complexity index is 209. The number of allylic oxidation sites excluding steroid dienone is 3. The molecule has 4 heteroatoms. The minimum atomic E-state index is 0.508. The van der Waals surface area contributed by atoms with E-state index in [1.54, 1.807) is 12.4 Å². The van der Waals surface area contributed by atoms with Crippen LogP contribution in [0.1, 0.15) is 6.92 Å². The molecule has 0 amide bonds. The van der Waals surface area contributed by atoms with Crippen molar-refractivity contribution in [3.63, 3.8) is 0 Å². The summed E-state index contributed by atoms with van der Waals surface area (Å²) >= 11 is 5.57. The molecule has 0 heterocycles. The van der Waals surface area contributed by atoms with Gasteiger partial charge in [-0.25, -0.2) is 0 Å². The molecule has 0 atom stereocenters. The lowest BCUT2D eigenvalue weighted by molar-refractivity contribution is 0.802. The predicted molar refractivity (Wildman–Crippen MR) is 59.2 cm³/mol. The van der Waals surface area contributed by atoms with Crippen LogP contribution in [0.3, 0.4) is 0 Å². The molecule has 0 aromatic carbocycles. The second kappa shape index (κ2) is 7.83. The van der Waals surface area contributed by atoms with Crippen molar-refractivity contribution in [2.45, 2.75) is 6.92 Å². The number of likely N-dealkylation sites (N-methyl/N-ethyl adjacent to an activating group) is 1. The largest absolute Gasteiger partial charge is 0.350 e. The summed E-state index contributed by atoms with van der Waals surface area (Å²) in [5, 5.41) is 6.47. The number of aliphatic imine (C=N–C) groups is 1. The Hall–Kier alpha value is -0.800. The highest BCUT2D eigenvalue weighted by atomic mass is 35.5. The topological polar surface area (TPSA) is 36.4 Å². The first-order valence-electron chi connectivity index (χ1n) is 4.09. The molecule has 0 aliphatic heterocycles. The molecular weight excluding hydrogens is 186 g/mol. The average molecular weight is 202 g/mol. The first kappa shape index (κ1) is 12.2. The molecule has 0 bridgehead atoms. The van der Waals surface area contributed by atoms with Crippen LogP contribution in [0.15, 0.2) is 28.4 Å². The van der Waals surface area contributed by atoms with Gasteiger partial charge in [0.2, 0.25) is 0 Å². The molecule has 0 rings (SSSR count). The highest BCUT2D eigenvalue weighted by Crippen LogP contribution is 2.00. The van der Waals surface area contributed by atoms with Crippen molar-refractivity contribution < 1.29 is 0 Å². The van der Waals surface area contributed by atoms with Gasteiger partial charge in [0.15, 0.2) is 0 Å². The Balaban J connectivity index is 3.62. The predicted octanol–water partition coefficient (Wildman–Crippen LogP) is 1.48. The minimum absolute atomic E-state index is 0.508. The second-order valence-electron chi connectivity index (χ2n) is 2.56. The van der Waals surface area contributed by atoms with Crippen LogP contribution in [-0.2, 0) is 0 Å². The molecule has 0 saturated heterocycles. The van der Waals surface area contributed by atoms with Crippen molar-refractivity contribution in [1.29, 1.82) is 0 Å². The number of nitrogens with one attached hydrogen (secondary N) is 2. The SMILES string of the molecule is C=C(Cl)/C=C(\C)NC=NCCNC. The van der Waals surface area contributed by atoms with E-state index >= 15 is 0 Å². The molecule has 0 aromatic heterocycles. The van der Waals surface area contributed by atoms with Gasteiger partial charge in [0.25, 0.3) is 0 Å². The van der Waals surface area contributed by atoms with Crippen LogP contribution in [0.4, 0.5) is 0 Å². The van der Waals surface area contributed by atoms with Gasteiger partial charge in [-0.2, -0.15) is 0 Å². The second-order valence-corrected chi connectivity index (χ2v) is 3.04. The van der Waals surface area contributed by atoms with Crippen molar-refractivity contribution in [3.05, 3.63) is 23.4 Å². The molecule has 0 aliphatic rings. The van der Waals surface area contributed by atoms with Gasteiger partial charge in [0.05, 0.1) is 12.9 Å². The van der Waals surface area contributed by atoms with Crippen LogP contribution in [0, 0.1) is 0 Å². The Morgan fingerprint density at radius 3 is 2.85 bits per heavy atom. The lowest BCUT2D eigenvalue weighted by Crippen LogP contribution is -2.13. The molecular formula is C9H16ClN3. The number of nitrogens with zero attached hydrogens (tertiary/aromatic N) is 1. The number of hydrogen-bond donors (Lipinski definition) is 2. The van der Waals surface area contributed by atoms with Gasteiger partial charge in [-0.3, -0.25) is 4.99 Å². The first-order chi connectivity index (χ1) is 6.16. The molecule has 0 aromatic rings. The Morgan fingerprint density at radius 1 is 1.62 bits per heavy atom. The molecule has 74 valence electrons. The molecule has 2 N–H and O–H groups in total. The Morgan fingerprint density at radius 2 is 2.31 bits per heavy atom. The summed E-state index contributed by atoms with van der Waals surface area (Å²) in [5.41, 5.74) is 0.924. The summed E-state index contributed by atoms with van der Waals surface area (Å²) in [5.74, 6) is 0. The zero-order valence-electron chi connectivity index (χ0n) is 8.10. The summed E-state index contributed by atoms with van der Waals surface area (Å²) in [4.78, 5) is 4.10. The molecule has 0 radical (unpaired) electrons. The maximum atomic E-state index is 5.57. The van der Waals surface area contributed by atoms with Crippen molar-refractivity contribution in [3.8, 4) is 0 Å². The smallest absolute Gasteiger partial charge is 0.0865 e. The fourth-order valence-electron chi connectivity index (χ4n) is 0.665. The van der Waals surface area contributed by atoms with Gasteiger partial charge in [-0.1, -0.05) is 18.2 Å². The lowest BCUT2D eigenvalue weighted by atomic mass is 10.4. The maximum Gasteiger partial charge on any atom is 0.0865 e. The highest BCUT2D eigenvalue weighted by Gasteiger charge is 1.84. The molecule has 0 unspecified atom stereocenters. The number of halogens is 1. The molecule has 13 heavy (non-hydrogen) atoms. The van der Waals surface area contributed by atoms with Crippen LogP contribution >= 0.6 is 11.6 Å². The van der Waals surface area contributed by atoms with Gasteiger partial charge < -0.3 is 10.6 Å². The summed E-state index contributed by atoms with van der Waals surface area (Å²) in [7, 11) is 1.89. The van der Waals surface area contributed by atoms with Crippen LogP contribution in [0.25, 0.3) is 0 Å². The van der Waals surface area contributed by atoms with Crippen molar-refractivity contribution in [2.75, 3.05) is 20.1 Å². The molecule has 3 nitrogen and oxygen atoms in total. The summed E-state index contributed by atoms with van der Waals surface area (Å²) in [6, 6.07) is 0. The van der Waals surface area contributed by atoms with Crippen molar-refractivity contribution >= 4 is 17.9 Å². The third-order valence-corrected chi connectivity index (χ3v) is 1.36. The fourth-order valence-corrected chi connectivity index (χ4v) is 0.829. The average Bonchev–Trinajstić information content (AvgIpc) is 2.02. The van der Waals surface area contributed by atoms with Crippen LogP contribution in [0.2, 0.25) is 0 Å². The van der Waals surface area contributed by atoms with E-state index in [9.17, 15) is 0 Å². The number of hydrogen-bond acceptors (Lipinski definition) is 2. The summed E-state index contributed by atoms with van der Waals surface area (Å²) < 4.78 is 0. The molecule has 0 saturated carbocycles. The summed E-state index contributed by atoms with van der Waals surface area (Å²) in [6.45, 7) is 7.09. The zero-order chi connectivity index (χ0) is 10.1. The van der Waals surface area contributed by atoms with Crippen molar-refractivity contribution in [2.24, 2.45) is 4.99 Å². The van der Waals surface area contributed by atoms with Gasteiger partial charge in [0.1, 0.15) is 0 Å². The van der Waals surface area contributed by atoms with Gasteiger partial charge >= 0.3 is 0 Å². The van der Waals surface area contributed by atoms with E-state index in [1.807, 2.05) is 14.0 Å². The number of rotatable bonds is 6. The highest BCUT2D eigenvalue weighted by molar-refractivity contribution is 6.30. The molecule has 0 aliphatic carbocycles. The van der Waals surface area contributed by atoms with E-state index in [2.05, 4.69) is 22.2 Å². The first-order valence-corrected chi connectivity index (χ1v) is 4.46. The third-order valence-electron chi connectivity index (χ3n) is 1.25. The summed E-state index contributed by atoms with van der Waals surface area (Å²) in [6.07, 6.45) is 3.40. The standard InChI is InChI=1S/C9H16ClN3/c1-8(10)6-9(2)13-7-12-5-4-11-3/h6-7,11H,1,4-5H2,2-3H3,(H,12,13)/b9-6+. The normalized spacial score (nSPS) is 12.1. The maximum absolute atomic E-state index is 5.57. The molecule has 0 spiro atoms. The van der Waals surface area contributed by atoms with E-state index in [4.69, 9.17) is 11.6 Å². The van der Waals surface area contributed by atoms with E-state index in [1.165, 1.54) is 0 Å². The van der Waals surface area contributed by atoms with Crippen molar-refractivity contribution in [1.82, 2.24) is 10.6 Å². The lowest BCUT2D eigenvalue weighted by Gasteiger charge is -1.98. The van der Waals surface area contributed by atoms with E-state index in [0.717, 1.165) is 18.8 Å². The Labute approximate surface area is 84.6 Å². The van der Waals surface area contributed by atoms with Gasteiger partial charge in [-0.15, -0.1) is 0 Å². The van der Waals surface area contributed by atoms with E-state index in [-0.39, 0.29) is 0 Å². The minimum Gasteiger partial charge on any atom is -0.350 e.